The Morgan fingerprint density at radius 1 is 1.17 bits per heavy atom. The van der Waals surface area contributed by atoms with Crippen molar-refractivity contribution in [2.45, 2.75) is 64.9 Å². The van der Waals surface area contributed by atoms with Crippen LogP contribution in [0.2, 0.25) is 0 Å². The first-order valence-electron chi connectivity index (χ1n) is 9.50. The van der Waals surface area contributed by atoms with Gasteiger partial charge in [0.05, 0.1) is 19.3 Å². The molecule has 0 heterocycles. The monoisotopic (exact) mass is 320 g/mol. The number of aliphatic hydroxyl groups excluding tert-OH is 3. The largest absolute Gasteiger partial charge is 0.396 e. The minimum absolute atomic E-state index is 0.0936. The lowest BCUT2D eigenvalue weighted by Gasteiger charge is -2.65. The van der Waals surface area contributed by atoms with Crippen LogP contribution in [-0.2, 0) is 0 Å². The Kier molecular flexibility index (Phi) is 3.54. The zero-order valence-corrected chi connectivity index (χ0v) is 14.6. The SMILES string of the molecule is C[C@@]1(CO)[C@H](O)CC[C@@]2(C)[C@H]1CC[C@H]1C[C@@H]3CC12CC=C3CO. The van der Waals surface area contributed by atoms with Crippen LogP contribution >= 0.6 is 0 Å². The second kappa shape index (κ2) is 5.06. The normalized spacial score (nSPS) is 55.1. The van der Waals surface area contributed by atoms with Crippen LogP contribution in [0, 0.1) is 34.0 Å². The van der Waals surface area contributed by atoms with Crippen molar-refractivity contribution in [1.82, 2.24) is 0 Å². The van der Waals surface area contributed by atoms with Crippen molar-refractivity contribution in [2.75, 3.05) is 13.2 Å². The molecule has 3 N–H and O–H groups in total. The molecule has 0 aromatic rings. The molecule has 3 nitrogen and oxygen atoms in total. The highest BCUT2D eigenvalue weighted by Crippen LogP contribution is 2.74. The summed E-state index contributed by atoms with van der Waals surface area (Å²) in [5.74, 6) is 1.73. The van der Waals surface area contributed by atoms with E-state index < -0.39 is 0 Å². The highest BCUT2D eigenvalue weighted by atomic mass is 16.3. The Morgan fingerprint density at radius 2 is 1.96 bits per heavy atom. The Bertz CT molecular complexity index is 529. The van der Waals surface area contributed by atoms with Gasteiger partial charge in [0.2, 0.25) is 0 Å². The van der Waals surface area contributed by atoms with E-state index in [1.54, 1.807) is 0 Å². The Morgan fingerprint density at radius 3 is 2.65 bits per heavy atom. The van der Waals surface area contributed by atoms with Crippen LogP contribution in [0.25, 0.3) is 0 Å². The van der Waals surface area contributed by atoms with Gasteiger partial charge in [0, 0.05) is 5.41 Å². The third-order valence-corrected chi connectivity index (χ3v) is 8.94. The minimum Gasteiger partial charge on any atom is -0.396 e. The van der Waals surface area contributed by atoms with Gasteiger partial charge >= 0.3 is 0 Å². The van der Waals surface area contributed by atoms with Crippen LogP contribution in [0.4, 0.5) is 0 Å². The van der Waals surface area contributed by atoms with Gasteiger partial charge < -0.3 is 15.3 Å². The molecule has 4 rings (SSSR count). The first-order valence-corrected chi connectivity index (χ1v) is 9.50. The standard InChI is InChI=1S/C20H32O3/c1-18(12-22)16-4-3-15-9-14-10-20(15,8-5-13(14)11-21)19(16,2)7-6-17(18)23/h5,14-17,21-23H,3-4,6-12H2,1-2H3/t14-,15+,16+,17-,18+,19+,20?/m1/s1. The molecule has 0 radical (unpaired) electrons. The van der Waals surface area contributed by atoms with Crippen molar-refractivity contribution < 1.29 is 15.3 Å². The van der Waals surface area contributed by atoms with E-state index in [1.807, 2.05) is 0 Å². The molecule has 2 bridgehead atoms. The number of hydrogen-bond donors (Lipinski definition) is 3. The molecule has 3 heteroatoms. The smallest absolute Gasteiger partial charge is 0.0644 e. The second-order valence-electron chi connectivity index (χ2n) is 9.40. The molecule has 3 saturated carbocycles. The van der Waals surface area contributed by atoms with Crippen LogP contribution in [0.5, 0.6) is 0 Å². The molecule has 3 fully saturated rings. The Balaban J connectivity index is 1.77. The Hall–Kier alpha value is -0.380. The number of allylic oxidation sites excluding steroid dienone is 1. The van der Waals surface area contributed by atoms with Crippen molar-refractivity contribution in [2.24, 2.45) is 34.0 Å². The van der Waals surface area contributed by atoms with Crippen LogP contribution in [0.15, 0.2) is 11.6 Å². The highest BCUT2D eigenvalue weighted by molar-refractivity contribution is 5.26. The zero-order valence-electron chi connectivity index (χ0n) is 14.6. The maximum atomic E-state index is 10.6. The molecule has 0 aromatic heterocycles. The van der Waals surface area contributed by atoms with E-state index in [4.69, 9.17) is 0 Å². The molecule has 23 heavy (non-hydrogen) atoms. The lowest BCUT2D eigenvalue weighted by atomic mass is 9.39. The van der Waals surface area contributed by atoms with Crippen molar-refractivity contribution in [1.29, 1.82) is 0 Å². The average molecular weight is 320 g/mol. The second-order valence-corrected chi connectivity index (χ2v) is 9.40. The summed E-state index contributed by atoms with van der Waals surface area (Å²) >= 11 is 0. The van der Waals surface area contributed by atoms with Crippen LogP contribution in [0.3, 0.4) is 0 Å². The van der Waals surface area contributed by atoms with Gasteiger partial charge in [-0.3, -0.25) is 0 Å². The summed E-state index contributed by atoms with van der Waals surface area (Å²) in [6.45, 7) is 4.89. The van der Waals surface area contributed by atoms with E-state index in [-0.39, 0.29) is 30.1 Å². The summed E-state index contributed by atoms with van der Waals surface area (Å²) in [5, 5.41) is 30.4. The van der Waals surface area contributed by atoms with E-state index >= 15 is 0 Å². The van der Waals surface area contributed by atoms with Gasteiger partial charge in [-0.1, -0.05) is 19.9 Å². The molecule has 0 saturated heterocycles. The number of rotatable bonds is 2. The highest BCUT2D eigenvalue weighted by Gasteiger charge is 2.67. The van der Waals surface area contributed by atoms with Gasteiger partial charge in [0.25, 0.3) is 0 Å². The third kappa shape index (κ3) is 1.82. The lowest BCUT2D eigenvalue weighted by molar-refractivity contribution is -0.202. The molecule has 0 amide bonds. The fourth-order valence-electron chi connectivity index (χ4n) is 7.52. The van der Waals surface area contributed by atoms with Gasteiger partial charge in [0.15, 0.2) is 0 Å². The molecule has 1 spiro atoms. The maximum Gasteiger partial charge on any atom is 0.0644 e. The van der Waals surface area contributed by atoms with Gasteiger partial charge in [-0.25, -0.2) is 0 Å². The topological polar surface area (TPSA) is 60.7 Å². The van der Waals surface area contributed by atoms with Gasteiger partial charge in [-0.15, -0.1) is 0 Å². The summed E-state index contributed by atoms with van der Waals surface area (Å²) < 4.78 is 0. The summed E-state index contributed by atoms with van der Waals surface area (Å²) in [5.41, 5.74) is 1.45. The van der Waals surface area contributed by atoms with Crippen LogP contribution in [-0.4, -0.2) is 34.6 Å². The molecule has 0 aliphatic heterocycles. The summed E-state index contributed by atoms with van der Waals surface area (Å²) in [6, 6.07) is 0. The Labute approximate surface area is 139 Å². The molecule has 1 unspecified atom stereocenters. The number of hydrogen-bond acceptors (Lipinski definition) is 3. The molecule has 4 aliphatic carbocycles. The number of aliphatic hydroxyl groups is 3. The summed E-state index contributed by atoms with van der Waals surface area (Å²) in [4.78, 5) is 0. The molecular formula is C20H32O3. The van der Waals surface area contributed by atoms with E-state index in [2.05, 4.69) is 19.9 Å². The average Bonchev–Trinajstić information content (AvgIpc) is 2.86. The van der Waals surface area contributed by atoms with Gasteiger partial charge in [-0.2, -0.15) is 0 Å². The third-order valence-electron chi connectivity index (χ3n) is 8.94. The first kappa shape index (κ1) is 16.1. The van der Waals surface area contributed by atoms with E-state index in [0.29, 0.717) is 17.3 Å². The van der Waals surface area contributed by atoms with Crippen molar-refractivity contribution in [3.8, 4) is 0 Å². The maximum absolute atomic E-state index is 10.6. The molecule has 7 atom stereocenters. The predicted molar refractivity (Wildman–Crippen MR) is 89.7 cm³/mol. The molecule has 4 aliphatic rings. The zero-order chi connectivity index (χ0) is 16.5. The fourth-order valence-corrected chi connectivity index (χ4v) is 7.52. The fraction of sp³-hybridized carbons (Fsp3) is 0.900. The lowest BCUT2D eigenvalue weighted by Crippen LogP contribution is -2.62. The van der Waals surface area contributed by atoms with Crippen LogP contribution in [0.1, 0.15) is 58.8 Å². The van der Waals surface area contributed by atoms with E-state index in [1.165, 1.54) is 24.8 Å². The summed E-state index contributed by atoms with van der Waals surface area (Å²) in [7, 11) is 0. The van der Waals surface area contributed by atoms with Crippen molar-refractivity contribution in [3.05, 3.63) is 11.6 Å². The molecule has 0 aromatic carbocycles. The van der Waals surface area contributed by atoms with E-state index in [0.717, 1.165) is 31.6 Å². The minimum atomic E-state index is -0.372. The quantitative estimate of drug-likeness (QED) is 0.686. The first-order chi connectivity index (χ1) is 10.9. The van der Waals surface area contributed by atoms with Gasteiger partial charge in [-0.05, 0) is 79.1 Å². The van der Waals surface area contributed by atoms with E-state index in [9.17, 15) is 15.3 Å². The summed E-state index contributed by atoms with van der Waals surface area (Å²) in [6.07, 6.45) is 9.78. The van der Waals surface area contributed by atoms with Crippen molar-refractivity contribution in [3.63, 3.8) is 0 Å². The number of fused-ring (bicyclic) bond motifs is 2. The van der Waals surface area contributed by atoms with Crippen molar-refractivity contribution >= 4 is 0 Å². The molecule has 130 valence electrons. The van der Waals surface area contributed by atoms with Crippen LogP contribution < -0.4 is 0 Å². The van der Waals surface area contributed by atoms with Gasteiger partial charge in [0.1, 0.15) is 0 Å². The molecular weight excluding hydrogens is 288 g/mol. The predicted octanol–water partition coefficient (Wildman–Crippen LogP) is 2.89.